The molecular weight excluding hydrogens is 237 g/mol. The van der Waals surface area contributed by atoms with Crippen LogP contribution in [-0.4, -0.2) is 19.3 Å². The summed E-state index contributed by atoms with van der Waals surface area (Å²) in [6.07, 6.45) is -0.456. The quantitative estimate of drug-likeness (QED) is 0.873. The molecule has 5 heteroatoms. The maximum Gasteiger partial charge on any atom is 0.184 e. The summed E-state index contributed by atoms with van der Waals surface area (Å²) in [5.74, 6) is 0. The summed E-state index contributed by atoms with van der Waals surface area (Å²) in [5.41, 5.74) is 6.30. The molecule has 15 heavy (non-hydrogen) atoms. The fourth-order valence-electron chi connectivity index (χ4n) is 1.46. The third kappa shape index (κ3) is 2.62. The zero-order valence-electron chi connectivity index (χ0n) is 7.95. The standard InChI is InChI=1S/C10H11Cl2NO2/c11-7-1-6(2-8(12)3-7)10-14-5-9(4-13)15-10/h1-3,9-10H,4-5,13H2. The second-order valence-corrected chi connectivity index (χ2v) is 4.23. The summed E-state index contributed by atoms with van der Waals surface area (Å²) in [6, 6.07) is 5.22. The molecule has 1 saturated heterocycles. The van der Waals surface area contributed by atoms with E-state index in [2.05, 4.69) is 0 Å². The van der Waals surface area contributed by atoms with E-state index in [1.54, 1.807) is 18.2 Å². The molecule has 1 aromatic rings. The van der Waals surface area contributed by atoms with Gasteiger partial charge in [0.1, 0.15) is 0 Å². The smallest absolute Gasteiger partial charge is 0.184 e. The molecule has 1 heterocycles. The first kappa shape index (κ1) is 11.2. The van der Waals surface area contributed by atoms with E-state index < -0.39 is 6.29 Å². The molecular formula is C10H11Cl2NO2. The molecule has 0 spiro atoms. The van der Waals surface area contributed by atoms with Crippen molar-refractivity contribution >= 4 is 23.2 Å². The van der Waals surface area contributed by atoms with Crippen molar-refractivity contribution < 1.29 is 9.47 Å². The van der Waals surface area contributed by atoms with Crippen LogP contribution in [0.5, 0.6) is 0 Å². The van der Waals surface area contributed by atoms with Gasteiger partial charge in [-0.3, -0.25) is 0 Å². The van der Waals surface area contributed by atoms with Gasteiger partial charge < -0.3 is 15.2 Å². The van der Waals surface area contributed by atoms with E-state index in [-0.39, 0.29) is 6.10 Å². The highest BCUT2D eigenvalue weighted by Crippen LogP contribution is 2.30. The predicted octanol–water partition coefficient (Wildman–Crippen LogP) is 2.37. The summed E-state index contributed by atoms with van der Waals surface area (Å²) >= 11 is 11.8. The maximum absolute atomic E-state index is 5.88. The summed E-state index contributed by atoms with van der Waals surface area (Å²) in [7, 11) is 0. The monoisotopic (exact) mass is 247 g/mol. The van der Waals surface area contributed by atoms with Crippen LogP contribution in [0.25, 0.3) is 0 Å². The molecule has 2 atom stereocenters. The SMILES string of the molecule is NCC1COC(c2cc(Cl)cc(Cl)c2)O1. The van der Waals surface area contributed by atoms with Crippen LogP contribution >= 0.6 is 23.2 Å². The minimum absolute atomic E-state index is 0.0484. The predicted molar refractivity (Wildman–Crippen MR) is 59.1 cm³/mol. The Labute approximate surface area is 98.1 Å². The van der Waals surface area contributed by atoms with Crippen molar-refractivity contribution in [2.75, 3.05) is 13.2 Å². The van der Waals surface area contributed by atoms with Gasteiger partial charge in [-0.25, -0.2) is 0 Å². The van der Waals surface area contributed by atoms with Crippen molar-refractivity contribution in [1.82, 2.24) is 0 Å². The van der Waals surface area contributed by atoms with Gasteiger partial charge in [0, 0.05) is 22.2 Å². The Hall–Kier alpha value is -0.320. The summed E-state index contributed by atoms with van der Waals surface area (Å²) in [4.78, 5) is 0. The Morgan fingerprint density at radius 1 is 1.27 bits per heavy atom. The first-order chi connectivity index (χ1) is 7.19. The molecule has 0 saturated carbocycles. The molecule has 82 valence electrons. The highest BCUT2D eigenvalue weighted by molar-refractivity contribution is 6.34. The van der Waals surface area contributed by atoms with Crippen LogP contribution in [0, 0.1) is 0 Å². The molecule has 1 aliphatic heterocycles. The molecule has 0 aromatic heterocycles. The van der Waals surface area contributed by atoms with Crippen molar-refractivity contribution in [2.24, 2.45) is 5.73 Å². The second kappa shape index (κ2) is 4.68. The number of rotatable bonds is 2. The zero-order chi connectivity index (χ0) is 10.8. The molecule has 2 rings (SSSR count). The van der Waals surface area contributed by atoms with Crippen molar-refractivity contribution in [2.45, 2.75) is 12.4 Å². The van der Waals surface area contributed by atoms with Crippen LogP contribution in [0.3, 0.4) is 0 Å². The lowest BCUT2D eigenvalue weighted by Gasteiger charge is -2.11. The van der Waals surface area contributed by atoms with Gasteiger partial charge in [-0.05, 0) is 18.2 Å². The van der Waals surface area contributed by atoms with Crippen LogP contribution in [0.4, 0.5) is 0 Å². The molecule has 1 fully saturated rings. The normalized spacial score (nSPS) is 25.8. The minimum atomic E-state index is -0.408. The number of benzene rings is 1. The topological polar surface area (TPSA) is 44.5 Å². The van der Waals surface area contributed by atoms with E-state index in [0.29, 0.717) is 23.2 Å². The summed E-state index contributed by atoms with van der Waals surface area (Å²) in [5, 5.41) is 1.14. The Balaban J connectivity index is 2.16. The highest BCUT2D eigenvalue weighted by atomic mass is 35.5. The lowest BCUT2D eigenvalue weighted by molar-refractivity contribution is -0.0585. The first-order valence-corrected chi connectivity index (χ1v) is 5.38. The lowest BCUT2D eigenvalue weighted by atomic mass is 10.2. The maximum atomic E-state index is 5.88. The lowest BCUT2D eigenvalue weighted by Crippen LogP contribution is -2.21. The van der Waals surface area contributed by atoms with Gasteiger partial charge in [-0.15, -0.1) is 0 Å². The Morgan fingerprint density at radius 3 is 2.47 bits per heavy atom. The van der Waals surface area contributed by atoms with Gasteiger partial charge in [-0.2, -0.15) is 0 Å². The zero-order valence-corrected chi connectivity index (χ0v) is 9.46. The first-order valence-electron chi connectivity index (χ1n) is 4.62. The van der Waals surface area contributed by atoms with Crippen molar-refractivity contribution in [3.63, 3.8) is 0 Å². The van der Waals surface area contributed by atoms with E-state index in [1.165, 1.54) is 0 Å². The number of hydrogen-bond acceptors (Lipinski definition) is 3. The third-order valence-electron chi connectivity index (χ3n) is 2.17. The average molecular weight is 248 g/mol. The number of hydrogen-bond donors (Lipinski definition) is 1. The van der Waals surface area contributed by atoms with Crippen molar-refractivity contribution in [3.05, 3.63) is 33.8 Å². The molecule has 0 bridgehead atoms. The molecule has 1 aliphatic rings. The van der Waals surface area contributed by atoms with E-state index in [0.717, 1.165) is 5.56 Å². The molecule has 2 unspecified atom stereocenters. The Kier molecular flexibility index (Phi) is 3.49. The van der Waals surface area contributed by atoms with Crippen LogP contribution < -0.4 is 5.73 Å². The molecule has 0 amide bonds. The number of halogens is 2. The van der Waals surface area contributed by atoms with Gasteiger partial charge in [0.25, 0.3) is 0 Å². The van der Waals surface area contributed by atoms with E-state index >= 15 is 0 Å². The number of nitrogens with two attached hydrogens (primary N) is 1. The average Bonchev–Trinajstić information content (AvgIpc) is 2.64. The Morgan fingerprint density at radius 2 is 1.93 bits per heavy atom. The summed E-state index contributed by atoms with van der Waals surface area (Å²) in [6.45, 7) is 0.954. The van der Waals surface area contributed by atoms with Gasteiger partial charge in [0.15, 0.2) is 6.29 Å². The fraction of sp³-hybridized carbons (Fsp3) is 0.400. The van der Waals surface area contributed by atoms with E-state index in [9.17, 15) is 0 Å². The second-order valence-electron chi connectivity index (χ2n) is 3.36. The van der Waals surface area contributed by atoms with Gasteiger partial charge in [0.05, 0.1) is 12.7 Å². The minimum Gasteiger partial charge on any atom is -0.346 e. The van der Waals surface area contributed by atoms with E-state index in [4.69, 9.17) is 38.4 Å². The van der Waals surface area contributed by atoms with Crippen LogP contribution in [0.15, 0.2) is 18.2 Å². The largest absolute Gasteiger partial charge is 0.346 e. The summed E-state index contributed by atoms with van der Waals surface area (Å²) < 4.78 is 11.0. The van der Waals surface area contributed by atoms with Gasteiger partial charge in [-0.1, -0.05) is 23.2 Å². The molecule has 2 N–H and O–H groups in total. The molecule has 3 nitrogen and oxygen atoms in total. The molecule has 0 aliphatic carbocycles. The van der Waals surface area contributed by atoms with E-state index in [1.807, 2.05) is 0 Å². The molecule has 0 radical (unpaired) electrons. The van der Waals surface area contributed by atoms with Gasteiger partial charge >= 0.3 is 0 Å². The Bertz CT molecular complexity index is 339. The third-order valence-corrected chi connectivity index (χ3v) is 2.61. The van der Waals surface area contributed by atoms with Crippen LogP contribution in [0.1, 0.15) is 11.9 Å². The molecule has 1 aromatic carbocycles. The van der Waals surface area contributed by atoms with Crippen molar-refractivity contribution in [1.29, 1.82) is 0 Å². The number of ether oxygens (including phenoxy) is 2. The van der Waals surface area contributed by atoms with Crippen LogP contribution in [-0.2, 0) is 9.47 Å². The van der Waals surface area contributed by atoms with Crippen molar-refractivity contribution in [3.8, 4) is 0 Å². The highest BCUT2D eigenvalue weighted by Gasteiger charge is 2.26. The van der Waals surface area contributed by atoms with Gasteiger partial charge in [0.2, 0.25) is 0 Å². The fourth-order valence-corrected chi connectivity index (χ4v) is 2.00. The van der Waals surface area contributed by atoms with Crippen LogP contribution in [0.2, 0.25) is 10.0 Å².